The third-order valence-electron chi connectivity index (χ3n) is 3.81. The smallest absolute Gasteiger partial charge is 0.205 e. The fourth-order valence-electron chi connectivity index (χ4n) is 2.61. The number of anilines is 2. The van der Waals surface area contributed by atoms with Gasteiger partial charge in [0.1, 0.15) is 11.6 Å². The molecule has 0 spiro atoms. The number of hydrogen-bond acceptors (Lipinski definition) is 6. The molecule has 6 heteroatoms. The lowest BCUT2D eigenvalue weighted by Crippen LogP contribution is -2.43. The van der Waals surface area contributed by atoms with E-state index in [0.717, 1.165) is 42.7 Å². The summed E-state index contributed by atoms with van der Waals surface area (Å²) < 4.78 is 4.26. The van der Waals surface area contributed by atoms with Gasteiger partial charge in [0.05, 0.1) is 0 Å². The molecule has 0 aliphatic carbocycles. The molecule has 0 saturated carbocycles. The van der Waals surface area contributed by atoms with Gasteiger partial charge in [-0.1, -0.05) is 6.07 Å². The molecule has 1 aliphatic heterocycles. The van der Waals surface area contributed by atoms with Crippen LogP contribution in [0.3, 0.4) is 0 Å². The van der Waals surface area contributed by atoms with E-state index in [4.69, 9.17) is 0 Å². The fourth-order valence-corrected chi connectivity index (χ4v) is 3.33. The average Bonchev–Trinajstić information content (AvgIpc) is 2.94. The van der Waals surface area contributed by atoms with Crippen molar-refractivity contribution in [3.05, 3.63) is 30.2 Å². The summed E-state index contributed by atoms with van der Waals surface area (Å²) in [5.74, 6) is 1.93. The van der Waals surface area contributed by atoms with Gasteiger partial charge in [-0.3, -0.25) is 0 Å². The van der Waals surface area contributed by atoms with Crippen LogP contribution in [-0.2, 0) is 0 Å². The molecule has 2 aromatic rings. The number of aromatic nitrogens is 3. The lowest BCUT2D eigenvalue weighted by atomic mass is 10.0. The van der Waals surface area contributed by atoms with Crippen LogP contribution in [0.4, 0.5) is 10.9 Å². The van der Waals surface area contributed by atoms with Crippen molar-refractivity contribution in [1.29, 1.82) is 0 Å². The van der Waals surface area contributed by atoms with E-state index < -0.39 is 0 Å². The monoisotopic (exact) mass is 289 g/mol. The largest absolute Gasteiger partial charge is 0.357 e. The highest BCUT2D eigenvalue weighted by atomic mass is 32.1. The number of hydrogen-bond donors (Lipinski definition) is 0. The molecule has 0 N–H and O–H groups in total. The van der Waals surface area contributed by atoms with E-state index in [9.17, 15) is 0 Å². The molecule has 0 bridgehead atoms. The Labute approximate surface area is 123 Å². The summed E-state index contributed by atoms with van der Waals surface area (Å²) in [4.78, 5) is 13.5. The molecule has 0 amide bonds. The molecule has 2 aromatic heterocycles. The number of nitrogens with zero attached hydrogens (tertiary/aromatic N) is 5. The highest BCUT2D eigenvalue weighted by Crippen LogP contribution is 2.25. The van der Waals surface area contributed by atoms with Crippen molar-refractivity contribution in [3.8, 4) is 0 Å². The lowest BCUT2D eigenvalue weighted by Gasteiger charge is -2.37. The van der Waals surface area contributed by atoms with Gasteiger partial charge in [-0.25, -0.2) is 9.97 Å². The van der Waals surface area contributed by atoms with Gasteiger partial charge in [-0.15, -0.1) is 0 Å². The van der Waals surface area contributed by atoms with E-state index >= 15 is 0 Å². The van der Waals surface area contributed by atoms with Crippen LogP contribution in [0, 0.1) is 6.92 Å². The zero-order valence-electron chi connectivity index (χ0n) is 11.9. The maximum atomic E-state index is 4.47. The first-order chi connectivity index (χ1) is 9.74. The molecule has 20 heavy (non-hydrogen) atoms. The summed E-state index contributed by atoms with van der Waals surface area (Å²) in [7, 11) is 2.14. The summed E-state index contributed by atoms with van der Waals surface area (Å²) in [5, 5.41) is 1.06. The molecule has 106 valence electrons. The molecule has 5 nitrogen and oxygen atoms in total. The topological polar surface area (TPSA) is 45.2 Å². The minimum atomic E-state index is 0.551. The highest BCUT2D eigenvalue weighted by molar-refractivity contribution is 7.09. The molecular weight excluding hydrogens is 270 g/mol. The molecule has 0 atom stereocenters. The molecule has 3 rings (SSSR count). The molecule has 1 fully saturated rings. The summed E-state index contributed by atoms with van der Waals surface area (Å²) in [5.41, 5.74) is 0. The molecule has 3 heterocycles. The van der Waals surface area contributed by atoms with Gasteiger partial charge in [0.25, 0.3) is 0 Å². The maximum Gasteiger partial charge on any atom is 0.205 e. The van der Waals surface area contributed by atoms with Gasteiger partial charge in [0, 0.05) is 43.9 Å². The van der Waals surface area contributed by atoms with Crippen molar-refractivity contribution in [2.75, 3.05) is 29.9 Å². The Morgan fingerprint density at radius 1 is 1.30 bits per heavy atom. The summed E-state index contributed by atoms with van der Waals surface area (Å²) in [6, 6.07) is 6.62. The van der Waals surface area contributed by atoms with Crippen LogP contribution in [0.25, 0.3) is 0 Å². The average molecular weight is 289 g/mol. The predicted octanol–water partition coefficient (Wildman–Crippen LogP) is 2.35. The van der Waals surface area contributed by atoms with Gasteiger partial charge in [-0.05, 0) is 31.9 Å². The van der Waals surface area contributed by atoms with E-state index in [1.165, 1.54) is 11.5 Å². The SMILES string of the molecule is Cc1nsc(N2CCC(N(C)c3ccccn3)CC2)n1. The quantitative estimate of drug-likeness (QED) is 0.868. The van der Waals surface area contributed by atoms with Gasteiger partial charge in [0.2, 0.25) is 5.13 Å². The number of aryl methyl sites for hydroxylation is 1. The van der Waals surface area contributed by atoms with Gasteiger partial charge in [0.15, 0.2) is 0 Å². The van der Waals surface area contributed by atoms with E-state index in [1.807, 2.05) is 25.3 Å². The molecule has 0 radical (unpaired) electrons. The predicted molar refractivity (Wildman–Crippen MR) is 82.5 cm³/mol. The van der Waals surface area contributed by atoms with E-state index in [0.29, 0.717) is 6.04 Å². The summed E-state index contributed by atoms with van der Waals surface area (Å²) in [6.07, 6.45) is 4.11. The summed E-state index contributed by atoms with van der Waals surface area (Å²) in [6.45, 7) is 4.02. The minimum Gasteiger partial charge on any atom is -0.357 e. The van der Waals surface area contributed by atoms with Crippen LogP contribution in [0.15, 0.2) is 24.4 Å². The van der Waals surface area contributed by atoms with Gasteiger partial charge in [-0.2, -0.15) is 4.37 Å². The normalized spacial score (nSPS) is 16.4. The molecular formula is C14H19N5S. The first-order valence-electron chi connectivity index (χ1n) is 6.93. The Kier molecular flexibility index (Phi) is 3.82. The van der Waals surface area contributed by atoms with E-state index in [-0.39, 0.29) is 0 Å². The Morgan fingerprint density at radius 2 is 2.10 bits per heavy atom. The van der Waals surface area contributed by atoms with Gasteiger partial charge >= 0.3 is 0 Å². The van der Waals surface area contributed by atoms with Crippen LogP contribution >= 0.6 is 11.5 Å². The van der Waals surface area contributed by atoms with Crippen molar-refractivity contribution in [3.63, 3.8) is 0 Å². The second-order valence-electron chi connectivity index (χ2n) is 5.14. The van der Waals surface area contributed by atoms with Crippen LogP contribution in [0.2, 0.25) is 0 Å². The first-order valence-corrected chi connectivity index (χ1v) is 7.70. The molecule has 1 aliphatic rings. The third-order valence-corrected chi connectivity index (χ3v) is 4.68. The van der Waals surface area contributed by atoms with E-state index in [1.54, 1.807) is 0 Å². The zero-order valence-corrected chi connectivity index (χ0v) is 12.7. The second-order valence-corrected chi connectivity index (χ2v) is 5.87. The van der Waals surface area contributed by atoms with Crippen LogP contribution in [-0.4, -0.2) is 40.5 Å². The summed E-state index contributed by atoms with van der Waals surface area (Å²) >= 11 is 1.50. The standard InChI is InChI=1S/C14H19N5S/c1-11-16-14(20-17-11)19-9-6-12(7-10-19)18(2)13-5-3-4-8-15-13/h3-5,8,12H,6-7,9-10H2,1-2H3. The molecule has 0 aromatic carbocycles. The van der Waals surface area contributed by atoms with Gasteiger partial charge < -0.3 is 9.80 Å². The Morgan fingerprint density at radius 3 is 2.70 bits per heavy atom. The van der Waals surface area contributed by atoms with Crippen molar-refractivity contribution >= 4 is 22.5 Å². The number of pyridine rings is 1. The van der Waals surface area contributed by atoms with Crippen molar-refractivity contribution in [2.24, 2.45) is 0 Å². The number of rotatable bonds is 3. The van der Waals surface area contributed by atoms with Crippen molar-refractivity contribution < 1.29 is 0 Å². The molecule has 1 saturated heterocycles. The van der Waals surface area contributed by atoms with Crippen LogP contribution < -0.4 is 9.80 Å². The Balaban J connectivity index is 1.61. The second kappa shape index (κ2) is 5.75. The Hall–Kier alpha value is -1.69. The van der Waals surface area contributed by atoms with Crippen LogP contribution in [0.5, 0.6) is 0 Å². The van der Waals surface area contributed by atoms with Crippen molar-refractivity contribution in [1.82, 2.24) is 14.3 Å². The third kappa shape index (κ3) is 2.75. The maximum absolute atomic E-state index is 4.47. The van der Waals surface area contributed by atoms with E-state index in [2.05, 4.69) is 37.3 Å². The minimum absolute atomic E-state index is 0.551. The van der Waals surface area contributed by atoms with Crippen molar-refractivity contribution in [2.45, 2.75) is 25.8 Å². The highest BCUT2D eigenvalue weighted by Gasteiger charge is 2.24. The Bertz CT molecular complexity index is 548. The zero-order chi connectivity index (χ0) is 13.9. The fraction of sp³-hybridized carbons (Fsp3) is 0.500. The number of piperidine rings is 1. The molecule has 0 unspecified atom stereocenters. The lowest BCUT2D eigenvalue weighted by molar-refractivity contribution is 0.480. The van der Waals surface area contributed by atoms with Crippen LogP contribution in [0.1, 0.15) is 18.7 Å². The first kappa shape index (κ1) is 13.3.